The van der Waals surface area contributed by atoms with E-state index in [0.717, 1.165) is 79.1 Å². The molecule has 15 nitrogen and oxygen atoms in total. The molecule has 1 atom stereocenters. The number of carbonyl (C=O) groups is 5. The number of rotatable bonds is 12. The number of benzene rings is 2. The molecule has 0 spiro atoms. The number of nitrogens with one attached hydrogen (secondary N) is 2. The van der Waals surface area contributed by atoms with Gasteiger partial charge in [0.2, 0.25) is 17.7 Å². The maximum atomic E-state index is 13.3. The number of aryl methyl sites for hydroxylation is 1. The minimum absolute atomic E-state index is 0.0546. The molecule has 15 heteroatoms. The first-order valence-electron chi connectivity index (χ1n) is 19.2. The van der Waals surface area contributed by atoms with Crippen LogP contribution in [0.1, 0.15) is 77.3 Å². The molecular formula is C40H45N9O6. The van der Waals surface area contributed by atoms with E-state index in [4.69, 9.17) is 9.84 Å². The Morgan fingerprint density at radius 2 is 1.67 bits per heavy atom. The normalized spacial score (nSPS) is 22.3. The van der Waals surface area contributed by atoms with Gasteiger partial charge >= 0.3 is 0 Å². The van der Waals surface area contributed by atoms with E-state index in [1.165, 1.54) is 0 Å². The second kappa shape index (κ2) is 16.2. The molecule has 55 heavy (non-hydrogen) atoms. The highest BCUT2D eigenvalue weighted by Crippen LogP contribution is 2.36. The van der Waals surface area contributed by atoms with Gasteiger partial charge in [0.15, 0.2) is 5.65 Å². The van der Waals surface area contributed by atoms with Crippen molar-refractivity contribution >= 4 is 40.6 Å². The number of fused-ring (bicyclic) bond motifs is 2. The van der Waals surface area contributed by atoms with Crippen LogP contribution in [0.5, 0.6) is 0 Å². The highest BCUT2D eigenvalue weighted by atomic mass is 16.5. The van der Waals surface area contributed by atoms with Gasteiger partial charge in [-0.2, -0.15) is 5.10 Å². The van der Waals surface area contributed by atoms with Crippen LogP contribution in [0.25, 0.3) is 22.3 Å². The average Bonchev–Trinajstić information content (AvgIpc) is 3.72. The Morgan fingerprint density at radius 1 is 0.891 bits per heavy atom. The van der Waals surface area contributed by atoms with Crippen molar-refractivity contribution in [1.29, 1.82) is 0 Å². The number of piperazine rings is 1. The molecule has 3 fully saturated rings. The second-order valence-corrected chi connectivity index (χ2v) is 14.7. The topological polar surface area (TPSA) is 172 Å². The summed E-state index contributed by atoms with van der Waals surface area (Å²) in [7, 11) is 0. The van der Waals surface area contributed by atoms with E-state index in [9.17, 15) is 24.0 Å². The lowest BCUT2D eigenvalue weighted by Gasteiger charge is -2.41. The fraction of sp³-hybridized carbons (Fsp3) is 0.450. The van der Waals surface area contributed by atoms with Crippen molar-refractivity contribution in [2.45, 2.75) is 69.5 Å². The van der Waals surface area contributed by atoms with Crippen molar-refractivity contribution in [2.75, 3.05) is 46.1 Å². The summed E-state index contributed by atoms with van der Waals surface area (Å²) in [6.07, 6.45) is 8.37. The number of aromatic nitrogens is 4. The Hall–Kier alpha value is -5.38. The largest absolute Gasteiger partial charge is 0.364 e. The zero-order chi connectivity index (χ0) is 37.9. The van der Waals surface area contributed by atoms with Crippen LogP contribution in [-0.2, 0) is 25.5 Å². The fourth-order valence-corrected chi connectivity index (χ4v) is 8.46. The summed E-state index contributed by atoms with van der Waals surface area (Å²) in [5.74, 6) is -2.39. The number of hydrogen-bond acceptors (Lipinski definition) is 11. The van der Waals surface area contributed by atoms with Crippen LogP contribution >= 0.6 is 0 Å². The Bertz CT molecular complexity index is 2090. The van der Waals surface area contributed by atoms with E-state index in [-0.39, 0.29) is 42.7 Å². The molecule has 3 aliphatic heterocycles. The zero-order valence-electron chi connectivity index (χ0n) is 30.7. The predicted molar refractivity (Wildman–Crippen MR) is 200 cm³/mol. The molecule has 1 aliphatic carbocycles. The van der Waals surface area contributed by atoms with Crippen LogP contribution in [0.15, 0.2) is 61.1 Å². The molecule has 1 unspecified atom stereocenters. The van der Waals surface area contributed by atoms with Crippen LogP contribution in [-0.4, -0.2) is 122 Å². The van der Waals surface area contributed by atoms with Crippen LogP contribution in [0.2, 0.25) is 0 Å². The van der Waals surface area contributed by atoms with Crippen LogP contribution in [0.4, 0.5) is 0 Å². The fourth-order valence-electron chi connectivity index (χ4n) is 8.46. The number of carbonyl (C=O) groups excluding carboxylic acids is 5. The molecule has 5 heterocycles. The summed E-state index contributed by atoms with van der Waals surface area (Å²) in [6, 6.07) is 15.0. The Balaban J connectivity index is 0.735. The van der Waals surface area contributed by atoms with Gasteiger partial charge in [0.05, 0.1) is 35.9 Å². The third-order valence-electron chi connectivity index (χ3n) is 11.4. The maximum Gasteiger partial charge on any atom is 0.262 e. The number of nitrogens with zero attached hydrogens (tertiary/aromatic N) is 7. The van der Waals surface area contributed by atoms with Gasteiger partial charge in [-0.05, 0) is 50.2 Å². The van der Waals surface area contributed by atoms with Crippen molar-refractivity contribution < 1.29 is 28.7 Å². The molecule has 4 aliphatic rings. The SMILES string of the molecule is O=C(CCc1cccc2c1C(=O)N(C1CCC(=O)NC1=O)C2=O)NCCOCN1CCN(C2CCC(n3nc(-c4ccccc4)c4cncnc43)CC2)CC1. The molecule has 1 saturated carbocycles. The van der Waals surface area contributed by atoms with Gasteiger partial charge in [-0.1, -0.05) is 42.5 Å². The van der Waals surface area contributed by atoms with Gasteiger partial charge < -0.3 is 10.1 Å². The third kappa shape index (κ3) is 7.64. The number of piperidine rings is 1. The van der Waals surface area contributed by atoms with Crippen molar-refractivity contribution in [3.05, 3.63) is 77.7 Å². The summed E-state index contributed by atoms with van der Waals surface area (Å²) in [4.78, 5) is 77.8. The Labute approximate surface area is 318 Å². The van der Waals surface area contributed by atoms with Crippen LogP contribution in [0, 0.1) is 0 Å². The van der Waals surface area contributed by atoms with Crippen molar-refractivity contribution in [3.63, 3.8) is 0 Å². The summed E-state index contributed by atoms with van der Waals surface area (Å²) in [5.41, 5.74) is 3.92. The van der Waals surface area contributed by atoms with E-state index in [1.807, 2.05) is 24.4 Å². The lowest BCUT2D eigenvalue weighted by atomic mass is 9.90. The van der Waals surface area contributed by atoms with Gasteiger partial charge in [-0.25, -0.2) is 14.6 Å². The highest BCUT2D eigenvalue weighted by molar-refractivity contribution is 6.24. The van der Waals surface area contributed by atoms with Crippen molar-refractivity contribution in [2.24, 2.45) is 0 Å². The molecule has 2 saturated heterocycles. The average molecular weight is 748 g/mol. The van der Waals surface area contributed by atoms with Gasteiger partial charge in [-0.3, -0.25) is 44.0 Å². The van der Waals surface area contributed by atoms with Gasteiger partial charge in [0.1, 0.15) is 18.1 Å². The first kappa shape index (κ1) is 36.6. The minimum Gasteiger partial charge on any atom is -0.364 e. The Kier molecular flexibility index (Phi) is 10.7. The molecule has 8 rings (SSSR count). The lowest BCUT2D eigenvalue weighted by molar-refractivity contribution is -0.136. The molecule has 4 aromatic rings. The van der Waals surface area contributed by atoms with Crippen LogP contribution in [0.3, 0.4) is 0 Å². The van der Waals surface area contributed by atoms with E-state index < -0.39 is 29.7 Å². The van der Waals surface area contributed by atoms with Crippen LogP contribution < -0.4 is 10.6 Å². The standard InChI is InChI=1S/C40H45N9O6/c50-33(15-9-26-7-4-8-30-35(26)40(54)48(39(30)53)32-14-16-34(51)44-38(32)52)42-17-22-55-25-46-18-20-47(21-19-46)28-10-12-29(13-11-28)49-37-31(23-41-24-43-37)36(45-49)27-5-2-1-3-6-27/h1-8,23-24,28-29,32H,9-22,25H2,(H,42,50)(H,44,51,52). The predicted octanol–water partition coefficient (Wildman–Crippen LogP) is 2.72. The first-order valence-corrected chi connectivity index (χ1v) is 19.2. The molecule has 2 aromatic heterocycles. The molecule has 286 valence electrons. The van der Waals surface area contributed by atoms with Gasteiger partial charge in [0.25, 0.3) is 11.8 Å². The number of imide groups is 2. The molecule has 5 amide bonds. The van der Waals surface area contributed by atoms with E-state index in [0.29, 0.717) is 37.5 Å². The van der Waals surface area contributed by atoms with Gasteiger partial charge in [0, 0.05) is 63.4 Å². The zero-order valence-corrected chi connectivity index (χ0v) is 30.7. The number of ether oxygens (including phenoxy) is 1. The van der Waals surface area contributed by atoms with Crippen molar-refractivity contribution in [1.82, 2.24) is 45.1 Å². The summed E-state index contributed by atoms with van der Waals surface area (Å²) in [5, 5.41) is 11.1. The summed E-state index contributed by atoms with van der Waals surface area (Å²) in [6.45, 7) is 5.09. The van der Waals surface area contributed by atoms with E-state index >= 15 is 0 Å². The molecule has 0 bridgehead atoms. The minimum atomic E-state index is -1.03. The molecular weight excluding hydrogens is 702 g/mol. The number of hydrogen-bond donors (Lipinski definition) is 2. The Morgan fingerprint density at radius 3 is 2.45 bits per heavy atom. The van der Waals surface area contributed by atoms with Gasteiger partial charge in [-0.15, -0.1) is 0 Å². The highest BCUT2D eigenvalue weighted by Gasteiger charge is 2.45. The van der Waals surface area contributed by atoms with Crippen molar-refractivity contribution in [3.8, 4) is 11.3 Å². The summed E-state index contributed by atoms with van der Waals surface area (Å²) < 4.78 is 8.03. The smallest absolute Gasteiger partial charge is 0.262 e. The first-order chi connectivity index (χ1) is 26.9. The monoisotopic (exact) mass is 747 g/mol. The quantitative estimate of drug-likeness (QED) is 0.161. The number of amides is 5. The lowest BCUT2D eigenvalue weighted by Crippen LogP contribution is -2.54. The molecule has 2 aromatic carbocycles. The van der Waals surface area contributed by atoms with E-state index in [2.05, 4.69) is 47.2 Å². The third-order valence-corrected chi connectivity index (χ3v) is 11.4. The summed E-state index contributed by atoms with van der Waals surface area (Å²) >= 11 is 0. The molecule has 0 radical (unpaired) electrons. The van der Waals surface area contributed by atoms with E-state index in [1.54, 1.807) is 24.5 Å². The molecule has 2 N–H and O–H groups in total. The maximum absolute atomic E-state index is 13.3. The second-order valence-electron chi connectivity index (χ2n) is 14.7.